The summed E-state index contributed by atoms with van der Waals surface area (Å²) < 4.78 is 5.86. The van der Waals surface area contributed by atoms with E-state index >= 15 is 0 Å². The second-order valence-electron chi connectivity index (χ2n) is 4.96. The van der Waals surface area contributed by atoms with Gasteiger partial charge >= 0.3 is 0 Å². The maximum atomic E-state index is 11.3. The van der Waals surface area contributed by atoms with Gasteiger partial charge in [0.2, 0.25) is 5.91 Å². The molecule has 0 saturated heterocycles. The first kappa shape index (κ1) is 16.9. The van der Waals surface area contributed by atoms with Gasteiger partial charge in [-0.05, 0) is 35.7 Å². The van der Waals surface area contributed by atoms with Crippen LogP contribution in [-0.4, -0.2) is 12.5 Å². The first-order valence-electron chi connectivity index (χ1n) is 7.28. The minimum absolute atomic E-state index is 0.118. The zero-order valence-electron chi connectivity index (χ0n) is 12.6. The van der Waals surface area contributed by atoms with Crippen LogP contribution in [0, 0.1) is 11.3 Å². The van der Waals surface area contributed by atoms with Crippen LogP contribution in [-0.2, 0) is 17.8 Å². The third-order valence-corrected chi connectivity index (χ3v) is 3.45. The lowest BCUT2D eigenvalue weighted by Crippen LogP contribution is -2.25. The first-order valence-corrected chi connectivity index (χ1v) is 7.65. The lowest BCUT2D eigenvalue weighted by atomic mass is 10.1. The summed E-state index contributed by atoms with van der Waals surface area (Å²) in [5, 5.41) is 11.8. The Hall–Kier alpha value is -2.51. The van der Waals surface area contributed by atoms with Crippen LogP contribution in [0.3, 0.4) is 0 Å². The summed E-state index contributed by atoms with van der Waals surface area (Å²) in [6.45, 7) is 0.899. The number of carbonyl (C=O) groups excluding carboxylic acids is 1. The Balaban J connectivity index is 1.92. The van der Waals surface area contributed by atoms with Gasteiger partial charge < -0.3 is 10.1 Å². The van der Waals surface area contributed by atoms with Crippen LogP contribution in [0.1, 0.15) is 17.5 Å². The molecule has 4 nitrogen and oxygen atoms in total. The monoisotopic (exact) mass is 328 g/mol. The molecule has 0 aliphatic rings. The van der Waals surface area contributed by atoms with E-state index in [1.165, 1.54) is 0 Å². The van der Waals surface area contributed by atoms with Crippen LogP contribution >= 0.6 is 11.6 Å². The van der Waals surface area contributed by atoms with E-state index in [-0.39, 0.29) is 12.3 Å². The molecule has 1 amide bonds. The molecule has 0 heterocycles. The Morgan fingerprint density at radius 2 is 2.04 bits per heavy atom. The number of para-hydroxylation sites is 1. The maximum Gasteiger partial charge on any atom is 0.234 e. The molecule has 118 valence electrons. The number of hydrogen-bond donors (Lipinski definition) is 1. The van der Waals surface area contributed by atoms with Crippen molar-refractivity contribution in [3.63, 3.8) is 0 Å². The third-order valence-electron chi connectivity index (χ3n) is 3.21. The Morgan fingerprint density at radius 1 is 1.22 bits per heavy atom. The Labute approximate surface area is 140 Å². The number of nitriles is 1. The van der Waals surface area contributed by atoms with Crippen molar-refractivity contribution in [2.24, 2.45) is 0 Å². The number of carbonyl (C=O) groups is 1. The second-order valence-corrected chi connectivity index (χ2v) is 5.40. The Morgan fingerprint density at radius 3 is 2.83 bits per heavy atom. The van der Waals surface area contributed by atoms with E-state index in [0.29, 0.717) is 24.6 Å². The molecule has 0 spiro atoms. The van der Waals surface area contributed by atoms with Gasteiger partial charge in [-0.1, -0.05) is 41.9 Å². The number of nitrogens with one attached hydrogen (secondary N) is 1. The van der Waals surface area contributed by atoms with E-state index in [2.05, 4.69) is 5.32 Å². The minimum atomic E-state index is -0.259. The molecule has 0 aliphatic carbocycles. The van der Waals surface area contributed by atoms with Crippen molar-refractivity contribution in [1.29, 1.82) is 5.26 Å². The van der Waals surface area contributed by atoms with Crippen LogP contribution < -0.4 is 10.1 Å². The van der Waals surface area contributed by atoms with Gasteiger partial charge in [0.15, 0.2) is 0 Å². The smallest absolute Gasteiger partial charge is 0.234 e. The van der Waals surface area contributed by atoms with Crippen molar-refractivity contribution in [3.8, 4) is 11.8 Å². The number of hydrogen-bond acceptors (Lipinski definition) is 3. The van der Waals surface area contributed by atoms with Gasteiger partial charge in [0.25, 0.3) is 0 Å². The van der Waals surface area contributed by atoms with Crippen LogP contribution in [0.4, 0.5) is 0 Å². The highest BCUT2D eigenvalue weighted by atomic mass is 35.5. The molecule has 2 aromatic rings. The Bertz CT molecular complexity index is 710. The molecule has 0 fully saturated rings. The van der Waals surface area contributed by atoms with Gasteiger partial charge in [0, 0.05) is 11.6 Å². The standard InChI is InChI=1S/C18H17ClN2O2/c19-16-6-3-4-14(12-16)13-23-17-7-2-1-5-15(17)9-11-21-18(22)8-10-20/h1-7,12H,8-9,11,13H2,(H,21,22). The molecule has 0 aliphatic heterocycles. The summed E-state index contributed by atoms with van der Waals surface area (Å²) in [5.41, 5.74) is 2.00. The van der Waals surface area contributed by atoms with Gasteiger partial charge in [-0.2, -0.15) is 5.26 Å². The number of halogens is 1. The fourth-order valence-electron chi connectivity index (χ4n) is 2.11. The molecule has 2 rings (SSSR count). The molecule has 0 saturated carbocycles. The van der Waals surface area contributed by atoms with Crippen LogP contribution in [0.15, 0.2) is 48.5 Å². The molecule has 0 bridgehead atoms. The van der Waals surface area contributed by atoms with Gasteiger partial charge in [-0.15, -0.1) is 0 Å². The average molecular weight is 329 g/mol. The molecule has 0 atom stereocenters. The number of nitrogens with zero attached hydrogens (tertiary/aromatic N) is 1. The number of amides is 1. The highest BCUT2D eigenvalue weighted by molar-refractivity contribution is 6.30. The summed E-state index contributed by atoms with van der Waals surface area (Å²) in [7, 11) is 0. The van der Waals surface area contributed by atoms with Crippen molar-refractivity contribution in [2.45, 2.75) is 19.4 Å². The normalized spacial score (nSPS) is 9.91. The zero-order chi connectivity index (χ0) is 16.5. The van der Waals surface area contributed by atoms with E-state index in [1.807, 2.05) is 54.6 Å². The topological polar surface area (TPSA) is 62.1 Å². The van der Waals surface area contributed by atoms with Crippen molar-refractivity contribution in [1.82, 2.24) is 5.32 Å². The van der Waals surface area contributed by atoms with E-state index in [4.69, 9.17) is 21.6 Å². The lowest BCUT2D eigenvalue weighted by Gasteiger charge is -2.12. The van der Waals surface area contributed by atoms with Crippen LogP contribution in [0.25, 0.3) is 0 Å². The largest absolute Gasteiger partial charge is 0.489 e. The lowest BCUT2D eigenvalue weighted by molar-refractivity contribution is -0.120. The second kappa shape index (κ2) is 8.82. The third kappa shape index (κ3) is 5.65. The number of benzene rings is 2. The molecule has 0 unspecified atom stereocenters. The summed E-state index contributed by atoms with van der Waals surface area (Å²) in [4.78, 5) is 11.3. The predicted molar refractivity (Wildman–Crippen MR) is 89.2 cm³/mol. The van der Waals surface area contributed by atoms with E-state index in [0.717, 1.165) is 16.9 Å². The van der Waals surface area contributed by atoms with Crippen molar-refractivity contribution < 1.29 is 9.53 Å². The van der Waals surface area contributed by atoms with Crippen molar-refractivity contribution in [2.75, 3.05) is 6.54 Å². The maximum absolute atomic E-state index is 11.3. The summed E-state index contributed by atoms with van der Waals surface area (Å²) in [5.74, 6) is 0.520. The molecule has 5 heteroatoms. The molecule has 0 radical (unpaired) electrons. The molecular formula is C18H17ClN2O2. The minimum Gasteiger partial charge on any atom is -0.489 e. The molecule has 23 heavy (non-hydrogen) atoms. The molecule has 1 N–H and O–H groups in total. The summed E-state index contributed by atoms with van der Waals surface area (Å²) >= 11 is 5.96. The molecular weight excluding hydrogens is 312 g/mol. The van der Waals surface area contributed by atoms with Crippen LogP contribution in [0.2, 0.25) is 5.02 Å². The number of rotatable bonds is 7. The van der Waals surface area contributed by atoms with E-state index < -0.39 is 0 Å². The highest BCUT2D eigenvalue weighted by Crippen LogP contribution is 2.20. The van der Waals surface area contributed by atoms with Gasteiger partial charge in [-0.25, -0.2) is 0 Å². The zero-order valence-corrected chi connectivity index (χ0v) is 13.3. The van der Waals surface area contributed by atoms with E-state index in [9.17, 15) is 4.79 Å². The SMILES string of the molecule is N#CCC(=O)NCCc1ccccc1OCc1cccc(Cl)c1. The first-order chi connectivity index (χ1) is 11.2. The van der Waals surface area contributed by atoms with Gasteiger partial charge in [0.1, 0.15) is 18.8 Å². The summed E-state index contributed by atoms with van der Waals surface area (Å²) in [6.07, 6.45) is 0.524. The van der Waals surface area contributed by atoms with E-state index in [1.54, 1.807) is 0 Å². The fourth-order valence-corrected chi connectivity index (χ4v) is 2.32. The predicted octanol–water partition coefficient (Wildman–Crippen LogP) is 3.49. The van der Waals surface area contributed by atoms with Gasteiger partial charge in [-0.3, -0.25) is 4.79 Å². The fraction of sp³-hybridized carbons (Fsp3) is 0.222. The average Bonchev–Trinajstić information content (AvgIpc) is 2.54. The molecule has 0 aromatic heterocycles. The Kier molecular flexibility index (Phi) is 6.46. The molecule has 2 aromatic carbocycles. The van der Waals surface area contributed by atoms with Crippen LogP contribution in [0.5, 0.6) is 5.75 Å². The summed E-state index contributed by atoms with van der Waals surface area (Å²) in [6, 6.07) is 17.1. The highest BCUT2D eigenvalue weighted by Gasteiger charge is 2.05. The van der Waals surface area contributed by atoms with Gasteiger partial charge in [0.05, 0.1) is 6.07 Å². The van der Waals surface area contributed by atoms with Crippen molar-refractivity contribution in [3.05, 3.63) is 64.7 Å². The van der Waals surface area contributed by atoms with Crippen molar-refractivity contribution >= 4 is 17.5 Å². The quantitative estimate of drug-likeness (QED) is 0.846. The number of ether oxygens (including phenoxy) is 1.